The molecule has 2 heteroatoms. The molecular formula is C14H22N2. The highest BCUT2D eigenvalue weighted by Crippen LogP contribution is 2.31. The molecule has 0 atom stereocenters. The van der Waals surface area contributed by atoms with Crippen LogP contribution < -0.4 is 10.6 Å². The average Bonchev–Trinajstić information content (AvgIpc) is 2.22. The number of hydrogen-bond donors (Lipinski definition) is 1. The predicted octanol–water partition coefficient (Wildman–Crippen LogP) is 2.69. The Balaban J connectivity index is 2.08. The molecule has 1 aliphatic rings. The molecule has 1 fully saturated rings. The van der Waals surface area contributed by atoms with Crippen molar-refractivity contribution in [3.8, 4) is 0 Å². The predicted molar refractivity (Wildman–Crippen MR) is 69.7 cm³/mol. The smallest absolute Gasteiger partial charge is 0.0414 e. The summed E-state index contributed by atoms with van der Waals surface area (Å²) >= 11 is 0. The summed E-state index contributed by atoms with van der Waals surface area (Å²) < 4.78 is 0. The van der Waals surface area contributed by atoms with Gasteiger partial charge in [0.25, 0.3) is 0 Å². The van der Waals surface area contributed by atoms with Crippen LogP contribution in [-0.2, 0) is 6.54 Å². The maximum Gasteiger partial charge on any atom is 0.0414 e. The van der Waals surface area contributed by atoms with Gasteiger partial charge in [0.15, 0.2) is 0 Å². The quantitative estimate of drug-likeness (QED) is 0.842. The van der Waals surface area contributed by atoms with Crippen LogP contribution in [0.4, 0.5) is 5.69 Å². The normalized spacial score (nSPS) is 16.3. The van der Waals surface area contributed by atoms with Crippen molar-refractivity contribution < 1.29 is 0 Å². The fraction of sp³-hybridized carbons (Fsp3) is 0.571. The lowest BCUT2D eigenvalue weighted by Crippen LogP contribution is -2.47. The van der Waals surface area contributed by atoms with Crippen molar-refractivity contribution in [1.29, 1.82) is 0 Å². The lowest BCUT2D eigenvalue weighted by atomic mass is 9.93. The van der Waals surface area contributed by atoms with Gasteiger partial charge in [-0.05, 0) is 36.5 Å². The first-order valence-electron chi connectivity index (χ1n) is 6.29. The maximum absolute atomic E-state index is 5.83. The minimum atomic E-state index is 0.650. The Labute approximate surface area is 98.4 Å². The van der Waals surface area contributed by atoms with Gasteiger partial charge in [0, 0.05) is 25.3 Å². The highest BCUT2D eigenvalue weighted by Gasteiger charge is 2.27. The Kier molecular flexibility index (Phi) is 3.49. The zero-order valence-corrected chi connectivity index (χ0v) is 10.4. The van der Waals surface area contributed by atoms with Gasteiger partial charge in [-0.15, -0.1) is 0 Å². The van der Waals surface area contributed by atoms with Crippen LogP contribution >= 0.6 is 0 Å². The maximum atomic E-state index is 5.83. The molecule has 1 heterocycles. The SMILES string of the molecule is CCCC1CN(c2cccc(C)c2CN)C1. The molecule has 0 aliphatic carbocycles. The third-order valence-corrected chi connectivity index (χ3v) is 3.58. The van der Waals surface area contributed by atoms with Gasteiger partial charge in [-0.1, -0.05) is 25.5 Å². The van der Waals surface area contributed by atoms with Gasteiger partial charge in [0.05, 0.1) is 0 Å². The van der Waals surface area contributed by atoms with Crippen molar-refractivity contribution in [2.75, 3.05) is 18.0 Å². The largest absolute Gasteiger partial charge is 0.371 e. The molecule has 0 spiro atoms. The second-order valence-corrected chi connectivity index (χ2v) is 4.84. The number of aryl methyl sites for hydroxylation is 1. The monoisotopic (exact) mass is 218 g/mol. The van der Waals surface area contributed by atoms with Crippen LogP contribution in [0.15, 0.2) is 18.2 Å². The van der Waals surface area contributed by atoms with Gasteiger partial charge in [0.1, 0.15) is 0 Å². The molecule has 0 aromatic heterocycles. The summed E-state index contributed by atoms with van der Waals surface area (Å²) in [4.78, 5) is 2.47. The van der Waals surface area contributed by atoms with Gasteiger partial charge in [0.2, 0.25) is 0 Å². The van der Waals surface area contributed by atoms with Crippen molar-refractivity contribution in [1.82, 2.24) is 0 Å². The van der Waals surface area contributed by atoms with E-state index in [2.05, 4.69) is 36.9 Å². The number of benzene rings is 1. The Bertz CT molecular complexity index is 354. The third kappa shape index (κ3) is 2.07. The molecular weight excluding hydrogens is 196 g/mol. The number of anilines is 1. The van der Waals surface area contributed by atoms with E-state index in [1.165, 1.54) is 42.7 Å². The second kappa shape index (κ2) is 4.88. The standard InChI is InChI=1S/C14H22N2/c1-3-5-12-9-16(10-12)14-7-4-6-11(2)13(14)8-15/h4,6-7,12H,3,5,8-10,15H2,1-2H3. The Morgan fingerprint density at radius 2 is 2.12 bits per heavy atom. The first kappa shape index (κ1) is 11.5. The van der Waals surface area contributed by atoms with Crippen LogP contribution in [0.5, 0.6) is 0 Å². The van der Waals surface area contributed by atoms with E-state index >= 15 is 0 Å². The minimum Gasteiger partial charge on any atom is -0.371 e. The minimum absolute atomic E-state index is 0.650. The first-order chi connectivity index (χ1) is 7.76. The molecule has 1 aromatic carbocycles. The summed E-state index contributed by atoms with van der Waals surface area (Å²) in [6, 6.07) is 6.49. The van der Waals surface area contributed by atoms with E-state index in [4.69, 9.17) is 5.73 Å². The summed E-state index contributed by atoms with van der Waals surface area (Å²) in [6.07, 6.45) is 2.66. The van der Waals surface area contributed by atoms with Crippen LogP contribution in [0.25, 0.3) is 0 Å². The topological polar surface area (TPSA) is 29.3 Å². The molecule has 1 saturated heterocycles. The van der Waals surface area contributed by atoms with Crippen molar-refractivity contribution >= 4 is 5.69 Å². The Hall–Kier alpha value is -1.02. The molecule has 2 nitrogen and oxygen atoms in total. The average molecular weight is 218 g/mol. The van der Waals surface area contributed by atoms with Crippen molar-refractivity contribution in [2.24, 2.45) is 11.7 Å². The van der Waals surface area contributed by atoms with Crippen LogP contribution in [0, 0.1) is 12.8 Å². The number of nitrogens with zero attached hydrogens (tertiary/aromatic N) is 1. The van der Waals surface area contributed by atoms with Crippen LogP contribution in [-0.4, -0.2) is 13.1 Å². The lowest BCUT2D eigenvalue weighted by molar-refractivity contribution is 0.380. The van der Waals surface area contributed by atoms with Crippen molar-refractivity contribution in [2.45, 2.75) is 33.2 Å². The summed E-state index contributed by atoms with van der Waals surface area (Å²) in [5.74, 6) is 0.899. The van der Waals surface area contributed by atoms with Crippen molar-refractivity contribution in [3.63, 3.8) is 0 Å². The number of nitrogens with two attached hydrogens (primary N) is 1. The van der Waals surface area contributed by atoms with Gasteiger partial charge in [-0.25, -0.2) is 0 Å². The summed E-state index contributed by atoms with van der Waals surface area (Å²) in [6.45, 7) is 7.49. The fourth-order valence-electron chi connectivity index (χ4n) is 2.61. The van der Waals surface area contributed by atoms with Gasteiger partial charge < -0.3 is 10.6 Å². The van der Waals surface area contributed by atoms with E-state index in [1.807, 2.05) is 0 Å². The van der Waals surface area contributed by atoms with E-state index in [9.17, 15) is 0 Å². The number of rotatable bonds is 4. The summed E-state index contributed by atoms with van der Waals surface area (Å²) in [5, 5.41) is 0. The lowest BCUT2D eigenvalue weighted by Gasteiger charge is -2.42. The molecule has 1 aliphatic heterocycles. The highest BCUT2D eigenvalue weighted by molar-refractivity contribution is 5.58. The van der Waals surface area contributed by atoms with E-state index in [1.54, 1.807) is 0 Å². The van der Waals surface area contributed by atoms with Gasteiger partial charge in [-0.2, -0.15) is 0 Å². The van der Waals surface area contributed by atoms with Crippen LogP contribution in [0.1, 0.15) is 30.9 Å². The van der Waals surface area contributed by atoms with E-state index < -0.39 is 0 Å². The molecule has 0 bridgehead atoms. The zero-order valence-electron chi connectivity index (χ0n) is 10.4. The molecule has 0 unspecified atom stereocenters. The second-order valence-electron chi connectivity index (χ2n) is 4.84. The fourth-order valence-corrected chi connectivity index (χ4v) is 2.61. The van der Waals surface area contributed by atoms with E-state index in [-0.39, 0.29) is 0 Å². The Morgan fingerprint density at radius 3 is 2.75 bits per heavy atom. The van der Waals surface area contributed by atoms with E-state index in [0.29, 0.717) is 6.54 Å². The van der Waals surface area contributed by atoms with Gasteiger partial charge in [-0.3, -0.25) is 0 Å². The third-order valence-electron chi connectivity index (χ3n) is 3.58. The molecule has 16 heavy (non-hydrogen) atoms. The zero-order chi connectivity index (χ0) is 11.5. The molecule has 2 N–H and O–H groups in total. The molecule has 2 rings (SSSR count). The molecule has 0 amide bonds. The van der Waals surface area contributed by atoms with E-state index in [0.717, 1.165) is 5.92 Å². The number of hydrogen-bond acceptors (Lipinski definition) is 2. The molecule has 0 radical (unpaired) electrons. The van der Waals surface area contributed by atoms with Gasteiger partial charge >= 0.3 is 0 Å². The highest BCUT2D eigenvalue weighted by atomic mass is 15.2. The van der Waals surface area contributed by atoms with Crippen LogP contribution in [0.2, 0.25) is 0 Å². The Morgan fingerprint density at radius 1 is 1.38 bits per heavy atom. The van der Waals surface area contributed by atoms with Crippen molar-refractivity contribution in [3.05, 3.63) is 29.3 Å². The summed E-state index contributed by atoms with van der Waals surface area (Å²) in [7, 11) is 0. The molecule has 88 valence electrons. The molecule has 0 saturated carbocycles. The first-order valence-corrected chi connectivity index (χ1v) is 6.29. The van der Waals surface area contributed by atoms with Crippen LogP contribution in [0.3, 0.4) is 0 Å². The molecule has 1 aromatic rings. The summed E-state index contributed by atoms with van der Waals surface area (Å²) in [5.41, 5.74) is 9.83.